The molecule has 0 spiro atoms. The van der Waals surface area contributed by atoms with Crippen LogP contribution in [0.25, 0.3) is 0 Å². The van der Waals surface area contributed by atoms with Crippen LogP contribution in [0.4, 0.5) is 8.78 Å². The lowest BCUT2D eigenvalue weighted by Gasteiger charge is -2.12. The van der Waals surface area contributed by atoms with Crippen molar-refractivity contribution in [3.05, 3.63) is 35.4 Å². The van der Waals surface area contributed by atoms with Gasteiger partial charge in [-0.3, -0.25) is 4.79 Å². The van der Waals surface area contributed by atoms with E-state index in [9.17, 15) is 18.7 Å². The molecule has 1 rings (SSSR count). The summed E-state index contributed by atoms with van der Waals surface area (Å²) in [4.78, 5) is 11.0. The molecular weight excluding hydrogens is 230 g/mol. The number of hydrogen-bond donors (Lipinski definition) is 1. The molecule has 0 bridgehead atoms. The lowest BCUT2D eigenvalue weighted by Crippen LogP contribution is -2.09. The molecule has 1 N–H and O–H groups in total. The van der Waals surface area contributed by atoms with Crippen molar-refractivity contribution in [1.82, 2.24) is 0 Å². The minimum absolute atomic E-state index is 0.0727. The van der Waals surface area contributed by atoms with Gasteiger partial charge in [-0.15, -0.1) is 0 Å². The lowest BCUT2D eigenvalue weighted by molar-refractivity contribution is -0.143. The van der Waals surface area contributed by atoms with Gasteiger partial charge in [0.1, 0.15) is 11.6 Å². The summed E-state index contributed by atoms with van der Waals surface area (Å²) in [6, 6.07) is 3.34. The zero-order valence-corrected chi connectivity index (χ0v) is 9.45. The summed E-state index contributed by atoms with van der Waals surface area (Å²) in [5, 5.41) is 9.61. The third-order valence-electron chi connectivity index (χ3n) is 2.26. The molecule has 1 unspecified atom stereocenters. The van der Waals surface area contributed by atoms with Gasteiger partial charge in [0, 0.05) is 6.42 Å². The molecule has 94 valence electrons. The summed E-state index contributed by atoms with van der Waals surface area (Å²) in [5.74, 6) is -2.13. The number of aliphatic hydroxyl groups excluding tert-OH is 1. The Kier molecular flexibility index (Phi) is 5.03. The molecule has 1 aromatic carbocycles. The molecule has 0 aromatic heterocycles. The highest BCUT2D eigenvalue weighted by Crippen LogP contribution is 2.24. The third-order valence-corrected chi connectivity index (χ3v) is 2.26. The lowest BCUT2D eigenvalue weighted by atomic mass is 10.0. The van der Waals surface area contributed by atoms with Crippen LogP contribution < -0.4 is 0 Å². The highest BCUT2D eigenvalue weighted by atomic mass is 19.1. The summed E-state index contributed by atoms with van der Waals surface area (Å²) in [6.45, 7) is 1.90. The first-order valence-corrected chi connectivity index (χ1v) is 5.33. The Bertz CT molecular complexity index is 373. The molecular formula is C12H14F2O3. The van der Waals surface area contributed by atoms with E-state index in [1.165, 1.54) is 6.07 Å². The monoisotopic (exact) mass is 244 g/mol. The molecule has 0 amide bonds. The van der Waals surface area contributed by atoms with Crippen molar-refractivity contribution < 1.29 is 23.4 Å². The Labute approximate surface area is 98.0 Å². The highest BCUT2D eigenvalue weighted by Gasteiger charge is 2.18. The van der Waals surface area contributed by atoms with Crippen molar-refractivity contribution in [2.24, 2.45) is 0 Å². The molecule has 3 nitrogen and oxygen atoms in total. The van der Waals surface area contributed by atoms with E-state index in [0.717, 1.165) is 12.1 Å². The van der Waals surface area contributed by atoms with Crippen molar-refractivity contribution >= 4 is 5.97 Å². The number of carbonyl (C=O) groups excluding carboxylic acids is 1. The maximum Gasteiger partial charge on any atom is 0.305 e. The number of benzene rings is 1. The fourth-order valence-electron chi connectivity index (χ4n) is 1.46. The molecule has 5 heteroatoms. The predicted molar refractivity (Wildman–Crippen MR) is 57.2 cm³/mol. The van der Waals surface area contributed by atoms with E-state index in [1.807, 2.05) is 0 Å². The Hall–Kier alpha value is -1.49. The predicted octanol–water partition coefficient (Wildman–Crippen LogP) is 2.34. The zero-order chi connectivity index (χ0) is 12.8. The summed E-state index contributed by atoms with van der Waals surface area (Å²) in [5.41, 5.74) is -0.406. The van der Waals surface area contributed by atoms with E-state index < -0.39 is 29.3 Å². The Morgan fingerprint density at radius 3 is 2.53 bits per heavy atom. The Balaban J connectivity index is 2.64. The standard InChI is InChI=1S/C12H14F2O3/c1-2-17-11(16)7-6-10(15)12-8(13)4-3-5-9(12)14/h3-5,10,15H,2,6-7H2,1H3. The van der Waals surface area contributed by atoms with E-state index in [2.05, 4.69) is 4.74 Å². The number of hydrogen-bond acceptors (Lipinski definition) is 3. The largest absolute Gasteiger partial charge is 0.466 e. The molecule has 0 aliphatic heterocycles. The van der Waals surface area contributed by atoms with E-state index in [0.29, 0.717) is 0 Å². The SMILES string of the molecule is CCOC(=O)CCC(O)c1c(F)cccc1F. The van der Waals surface area contributed by atoms with Crippen LogP contribution in [0.15, 0.2) is 18.2 Å². The molecule has 0 radical (unpaired) electrons. The number of esters is 1. The van der Waals surface area contributed by atoms with Gasteiger partial charge in [-0.2, -0.15) is 0 Å². The number of halogens is 2. The first kappa shape index (κ1) is 13.6. The van der Waals surface area contributed by atoms with Crippen LogP contribution in [0.1, 0.15) is 31.4 Å². The average molecular weight is 244 g/mol. The molecule has 17 heavy (non-hydrogen) atoms. The van der Waals surface area contributed by atoms with E-state index in [4.69, 9.17) is 0 Å². The quantitative estimate of drug-likeness (QED) is 0.809. The highest BCUT2D eigenvalue weighted by molar-refractivity contribution is 5.69. The maximum atomic E-state index is 13.3. The number of ether oxygens (including phenoxy) is 1. The second kappa shape index (κ2) is 6.30. The average Bonchev–Trinajstić information content (AvgIpc) is 2.26. The second-order valence-corrected chi connectivity index (χ2v) is 3.49. The summed E-state index contributed by atoms with van der Waals surface area (Å²) < 4.78 is 31.2. The molecule has 0 heterocycles. The van der Waals surface area contributed by atoms with E-state index >= 15 is 0 Å². The van der Waals surface area contributed by atoms with Gasteiger partial charge in [0.2, 0.25) is 0 Å². The van der Waals surface area contributed by atoms with Gasteiger partial charge < -0.3 is 9.84 Å². The van der Waals surface area contributed by atoms with Gasteiger partial charge >= 0.3 is 5.97 Å². The molecule has 0 aliphatic carbocycles. The van der Waals surface area contributed by atoms with Crippen LogP contribution in [0.5, 0.6) is 0 Å². The fourth-order valence-corrected chi connectivity index (χ4v) is 1.46. The van der Waals surface area contributed by atoms with Crippen LogP contribution in [-0.2, 0) is 9.53 Å². The van der Waals surface area contributed by atoms with Crippen LogP contribution in [0.3, 0.4) is 0 Å². The summed E-state index contributed by atoms with van der Waals surface area (Å²) >= 11 is 0. The van der Waals surface area contributed by atoms with Gasteiger partial charge in [0.15, 0.2) is 0 Å². The Morgan fingerprint density at radius 2 is 2.00 bits per heavy atom. The van der Waals surface area contributed by atoms with Crippen LogP contribution >= 0.6 is 0 Å². The first-order valence-electron chi connectivity index (χ1n) is 5.33. The van der Waals surface area contributed by atoms with Gasteiger partial charge in [-0.25, -0.2) is 8.78 Å². The normalized spacial score (nSPS) is 12.2. The second-order valence-electron chi connectivity index (χ2n) is 3.49. The molecule has 0 aliphatic rings. The molecule has 1 atom stereocenters. The van der Waals surface area contributed by atoms with Crippen LogP contribution in [0.2, 0.25) is 0 Å². The van der Waals surface area contributed by atoms with Crippen molar-refractivity contribution in [1.29, 1.82) is 0 Å². The fraction of sp³-hybridized carbons (Fsp3) is 0.417. The molecule has 0 saturated heterocycles. The van der Waals surface area contributed by atoms with Crippen LogP contribution in [0, 0.1) is 11.6 Å². The minimum Gasteiger partial charge on any atom is -0.466 e. The van der Waals surface area contributed by atoms with E-state index in [1.54, 1.807) is 6.92 Å². The summed E-state index contributed by atoms with van der Waals surface area (Å²) in [6.07, 6.45) is -1.50. The Morgan fingerprint density at radius 1 is 1.41 bits per heavy atom. The van der Waals surface area contributed by atoms with Crippen molar-refractivity contribution in [3.63, 3.8) is 0 Å². The minimum atomic E-state index is -1.35. The van der Waals surface area contributed by atoms with E-state index in [-0.39, 0.29) is 19.4 Å². The van der Waals surface area contributed by atoms with Crippen molar-refractivity contribution in [2.75, 3.05) is 6.61 Å². The first-order chi connectivity index (χ1) is 8.06. The number of rotatable bonds is 5. The topological polar surface area (TPSA) is 46.5 Å². The zero-order valence-electron chi connectivity index (χ0n) is 9.45. The van der Waals surface area contributed by atoms with Gasteiger partial charge in [-0.1, -0.05) is 6.07 Å². The van der Waals surface area contributed by atoms with Crippen molar-refractivity contribution in [3.8, 4) is 0 Å². The number of aliphatic hydroxyl groups is 1. The smallest absolute Gasteiger partial charge is 0.305 e. The molecule has 0 fully saturated rings. The van der Waals surface area contributed by atoms with Crippen molar-refractivity contribution in [2.45, 2.75) is 25.9 Å². The summed E-state index contributed by atoms with van der Waals surface area (Å²) in [7, 11) is 0. The third kappa shape index (κ3) is 3.78. The van der Waals surface area contributed by atoms with Gasteiger partial charge in [0.05, 0.1) is 18.3 Å². The van der Waals surface area contributed by atoms with Gasteiger partial charge in [0.25, 0.3) is 0 Å². The maximum absolute atomic E-state index is 13.3. The molecule has 0 saturated carbocycles. The number of carbonyl (C=O) groups is 1. The molecule has 1 aromatic rings. The van der Waals surface area contributed by atoms with Gasteiger partial charge in [-0.05, 0) is 25.5 Å². The van der Waals surface area contributed by atoms with Crippen LogP contribution in [-0.4, -0.2) is 17.7 Å².